The summed E-state index contributed by atoms with van der Waals surface area (Å²) in [6.07, 6.45) is 0. The first-order valence-electron chi connectivity index (χ1n) is 2.23. The number of hydrogen-bond donors (Lipinski definition) is 0. The molecule has 0 amide bonds. The molecular formula is C5H7ClFN. The molecule has 0 fully saturated rings. The van der Waals surface area contributed by atoms with E-state index in [1.54, 1.807) is 6.92 Å². The lowest BCUT2D eigenvalue weighted by Crippen LogP contribution is -1.85. The molecule has 0 aromatic carbocycles. The predicted octanol–water partition coefficient (Wildman–Crippen LogP) is 2.13. The third-order valence-corrected chi connectivity index (χ3v) is 0.845. The van der Waals surface area contributed by atoms with Gasteiger partial charge in [0.05, 0.1) is 0 Å². The third kappa shape index (κ3) is 2.75. The van der Waals surface area contributed by atoms with Crippen LogP contribution in [0.25, 0.3) is 0 Å². The van der Waals surface area contributed by atoms with Crippen LogP contribution in [-0.2, 0) is 0 Å². The van der Waals surface area contributed by atoms with Crippen LogP contribution in [0, 0.1) is 0 Å². The van der Waals surface area contributed by atoms with Crippen molar-refractivity contribution < 1.29 is 4.39 Å². The van der Waals surface area contributed by atoms with Gasteiger partial charge in [0, 0.05) is 6.54 Å². The maximum atomic E-state index is 11.8. The number of aliphatic imine (C=N–C) groups is 1. The summed E-state index contributed by atoms with van der Waals surface area (Å²) < 4.78 is 11.8. The Morgan fingerprint density at radius 3 is 2.50 bits per heavy atom. The molecule has 0 aliphatic heterocycles. The number of allylic oxidation sites excluding steroid dienone is 1. The van der Waals surface area contributed by atoms with Crippen molar-refractivity contribution >= 4 is 16.8 Å². The monoisotopic (exact) mass is 135 g/mol. The van der Waals surface area contributed by atoms with Crippen molar-refractivity contribution in [2.75, 3.05) is 6.54 Å². The second kappa shape index (κ2) is 3.61. The first kappa shape index (κ1) is 7.63. The van der Waals surface area contributed by atoms with Gasteiger partial charge >= 0.3 is 0 Å². The Balaban J connectivity index is 3.80. The van der Waals surface area contributed by atoms with Crippen LogP contribution in [0.4, 0.5) is 4.39 Å². The Hall–Kier alpha value is -0.370. The van der Waals surface area contributed by atoms with Gasteiger partial charge in [0.15, 0.2) is 11.0 Å². The summed E-state index contributed by atoms with van der Waals surface area (Å²) in [4.78, 5) is 3.53. The van der Waals surface area contributed by atoms with E-state index in [0.717, 1.165) is 0 Å². The molecule has 0 rings (SSSR count). The highest BCUT2D eigenvalue weighted by Gasteiger charge is 1.94. The van der Waals surface area contributed by atoms with Gasteiger partial charge in [-0.05, 0) is 6.92 Å². The Kier molecular flexibility index (Phi) is 3.44. The second-order valence-electron chi connectivity index (χ2n) is 1.17. The van der Waals surface area contributed by atoms with Crippen LogP contribution < -0.4 is 0 Å². The number of rotatable bonds is 2. The van der Waals surface area contributed by atoms with Gasteiger partial charge < -0.3 is 0 Å². The summed E-state index contributed by atoms with van der Waals surface area (Å²) in [5, 5.41) is -0.132. The molecule has 1 nitrogen and oxygen atoms in total. The molecule has 0 aromatic rings. The summed E-state index contributed by atoms with van der Waals surface area (Å²) in [7, 11) is 0. The second-order valence-corrected chi connectivity index (χ2v) is 1.53. The lowest BCUT2D eigenvalue weighted by Gasteiger charge is -1.86. The zero-order chi connectivity index (χ0) is 6.57. The van der Waals surface area contributed by atoms with Crippen molar-refractivity contribution in [2.45, 2.75) is 6.92 Å². The molecule has 0 heterocycles. The van der Waals surface area contributed by atoms with Gasteiger partial charge in [-0.3, -0.25) is 4.99 Å². The molecule has 3 heteroatoms. The minimum Gasteiger partial charge on any atom is -0.271 e. The van der Waals surface area contributed by atoms with Crippen LogP contribution in [0.2, 0.25) is 0 Å². The van der Waals surface area contributed by atoms with Gasteiger partial charge in [-0.15, -0.1) is 0 Å². The molecule has 0 aromatic heterocycles. The molecule has 0 spiro atoms. The van der Waals surface area contributed by atoms with Crippen LogP contribution in [0.15, 0.2) is 17.4 Å². The summed E-state index contributed by atoms with van der Waals surface area (Å²) in [6, 6.07) is 0. The fourth-order valence-electron chi connectivity index (χ4n) is 0.225. The Labute approximate surface area is 52.9 Å². The van der Waals surface area contributed by atoms with Crippen LogP contribution >= 0.6 is 11.6 Å². The molecule has 0 bridgehead atoms. The topological polar surface area (TPSA) is 12.4 Å². The summed E-state index contributed by atoms with van der Waals surface area (Å²) >= 11 is 5.19. The highest BCUT2D eigenvalue weighted by molar-refractivity contribution is 6.69. The van der Waals surface area contributed by atoms with Crippen molar-refractivity contribution in [1.29, 1.82) is 0 Å². The van der Waals surface area contributed by atoms with Gasteiger partial charge in [0.25, 0.3) is 0 Å². The molecule has 0 aliphatic rings. The Bertz CT molecular complexity index is 120. The van der Waals surface area contributed by atoms with Gasteiger partial charge in [-0.25, -0.2) is 4.39 Å². The van der Waals surface area contributed by atoms with E-state index in [0.29, 0.717) is 6.54 Å². The lowest BCUT2D eigenvalue weighted by molar-refractivity contribution is 0.687. The first-order valence-corrected chi connectivity index (χ1v) is 2.61. The quantitative estimate of drug-likeness (QED) is 0.515. The zero-order valence-electron chi connectivity index (χ0n) is 4.62. The van der Waals surface area contributed by atoms with Crippen molar-refractivity contribution in [3.05, 3.63) is 12.4 Å². The number of nitrogens with zero attached hydrogens (tertiary/aromatic N) is 1. The van der Waals surface area contributed by atoms with Gasteiger partial charge in [-0.1, -0.05) is 18.2 Å². The molecule has 0 N–H and O–H groups in total. The minimum absolute atomic E-state index is 0.132. The summed E-state index contributed by atoms with van der Waals surface area (Å²) in [5.74, 6) is -0.673. The van der Waals surface area contributed by atoms with E-state index in [2.05, 4.69) is 11.6 Å². The maximum Gasteiger partial charge on any atom is 0.159 e. The largest absolute Gasteiger partial charge is 0.271 e. The highest BCUT2D eigenvalue weighted by Crippen LogP contribution is 1.99. The fraction of sp³-hybridized carbons (Fsp3) is 0.400. The van der Waals surface area contributed by atoms with Gasteiger partial charge in [-0.2, -0.15) is 0 Å². The molecule has 0 aliphatic carbocycles. The third-order valence-electron chi connectivity index (χ3n) is 0.521. The van der Waals surface area contributed by atoms with E-state index in [4.69, 9.17) is 11.6 Å². The zero-order valence-corrected chi connectivity index (χ0v) is 5.37. The van der Waals surface area contributed by atoms with Crippen molar-refractivity contribution in [2.24, 2.45) is 4.99 Å². The van der Waals surface area contributed by atoms with E-state index < -0.39 is 5.83 Å². The molecule has 0 atom stereocenters. The van der Waals surface area contributed by atoms with Crippen molar-refractivity contribution in [1.82, 2.24) is 0 Å². The number of hydrogen-bond acceptors (Lipinski definition) is 1. The predicted molar refractivity (Wildman–Crippen MR) is 34.1 cm³/mol. The standard InChI is InChI=1S/C5H7ClFN/c1-3-8-5(6)4(2)7/h2-3H2,1H3. The molecule has 0 radical (unpaired) electrons. The van der Waals surface area contributed by atoms with E-state index in [9.17, 15) is 4.39 Å². The van der Waals surface area contributed by atoms with E-state index >= 15 is 0 Å². The highest BCUT2D eigenvalue weighted by atomic mass is 35.5. The smallest absolute Gasteiger partial charge is 0.159 e. The average molecular weight is 136 g/mol. The first-order chi connectivity index (χ1) is 3.68. The van der Waals surface area contributed by atoms with Gasteiger partial charge in [0.2, 0.25) is 0 Å². The van der Waals surface area contributed by atoms with E-state index in [-0.39, 0.29) is 5.17 Å². The normalized spacial score (nSPS) is 11.6. The summed E-state index contributed by atoms with van der Waals surface area (Å²) in [6.45, 7) is 5.20. The maximum absolute atomic E-state index is 11.8. The van der Waals surface area contributed by atoms with E-state index in [1.807, 2.05) is 0 Å². The van der Waals surface area contributed by atoms with Gasteiger partial charge in [0.1, 0.15) is 0 Å². The lowest BCUT2D eigenvalue weighted by atomic mass is 10.6. The Morgan fingerprint density at radius 1 is 1.88 bits per heavy atom. The molecule has 0 unspecified atom stereocenters. The summed E-state index contributed by atoms with van der Waals surface area (Å²) in [5.41, 5.74) is 0. The fourth-order valence-corrected chi connectivity index (χ4v) is 0.344. The molecule has 8 heavy (non-hydrogen) atoms. The SMILES string of the molecule is C=C(F)C(Cl)=NCC. The van der Waals surface area contributed by atoms with Crippen LogP contribution in [0.1, 0.15) is 6.92 Å². The molecule has 0 saturated heterocycles. The molecule has 0 saturated carbocycles. The minimum atomic E-state index is -0.673. The average Bonchev–Trinajstić information content (AvgIpc) is 1.67. The van der Waals surface area contributed by atoms with Crippen LogP contribution in [0.3, 0.4) is 0 Å². The number of halogens is 2. The van der Waals surface area contributed by atoms with Crippen molar-refractivity contribution in [3.8, 4) is 0 Å². The van der Waals surface area contributed by atoms with Crippen LogP contribution in [0.5, 0.6) is 0 Å². The molecular weight excluding hydrogens is 129 g/mol. The molecule has 46 valence electrons. The van der Waals surface area contributed by atoms with Crippen LogP contribution in [-0.4, -0.2) is 11.7 Å². The van der Waals surface area contributed by atoms with Crippen molar-refractivity contribution in [3.63, 3.8) is 0 Å². The van der Waals surface area contributed by atoms with E-state index in [1.165, 1.54) is 0 Å². The Morgan fingerprint density at radius 2 is 2.38 bits per heavy atom.